The van der Waals surface area contributed by atoms with Crippen LogP contribution in [0.3, 0.4) is 0 Å². The van der Waals surface area contributed by atoms with Crippen LogP contribution in [0.15, 0.2) is 0 Å². The molecule has 0 spiro atoms. The molecule has 0 fully saturated rings. The maximum Gasteiger partial charge on any atom is 0 e. The Morgan fingerprint density at radius 3 is 0.800 bits per heavy atom. The van der Waals surface area contributed by atoms with Gasteiger partial charge in [0.15, 0.2) is 0 Å². The van der Waals surface area contributed by atoms with Gasteiger partial charge in [-0.25, -0.2) is 0 Å². The Bertz CT molecular complexity index is 79.3. The number of rotatable bonds is 11. The normalized spacial score (nSPS) is 10.0. The van der Waals surface area contributed by atoms with Gasteiger partial charge in [-0.3, -0.25) is 0 Å². The zero-order valence-corrected chi connectivity index (χ0v) is 11.9. The van der Waals surface area contributed by atoms with Crippen LogP contribution in [0.5, 0.6) is 0 Å². The van der Waals surface area contributed by atoms with Crippen molar-refractivity contribution in [1.29, 1.82) is 0 Å². The van der Waals surface area contributed by atoms with E-state index in [9.17, 15) is 0 Å². The second-order valence-corrected chi connectivity index (χ2v) is 4.54. The summed E-state index contributed by atoms with van der Waals surface area (Å²) < 4.78 is 0. The van der Waals surface area contributed by atoms with E-state index in [1.54, 1.807) is 0 Å². The van der Waals surface area contributed by atoms with Crippen molar-refractivity contribution in [2.45, 2.75) is 90.9 Å². The van der Waals surface area contributed by atoms with Gasteiger partial charge in [0.05, 0.1) is 0 Å². The molecule has 0 N–H and O–H groups in total. The average Bonchev–Trinajstić information content (AvgIpc) is 2.21. The number of hydrogen-bond acceptors (Lipinski definition) is 0. The minimum atomic E-state index is 0. The van der Waals surface area contributed by atoms with E-state index >= 15 is 0 Å². The average molecular weight is 257 g/mol. The minimum Gasteiger partial charge on any atom is -0.0654 e. The molecule has 0 atom stereocenters. The van der Waals surface area contributed by atoms with Crippen LogP contribution < -0.4 is 0 Å². The molecule has 0 aliphatic carbocycles. The molecule has 0 rings (SSSR count). The molecule has 1 heteroatoms. The maximum atomic E-state index is 2.29. The van der Waals surface area contributed by atoms with Gasteiger partial charge in [-0.1, -0.05) is 90.9 Å². The van der Waals surface area contributed by atoms with Gasteiger partial charge >= 0.3 is 0 Å². The fraction of sp³-hybridized carbons (Fsp3) is 1.00. The van der Waals surface area contributed by atoms with Crippen LogP contribution in [-0.4, -0.2) is 0 Å². The van der Waals surface area contributed by atoms with Crippen molar-refractivity contribution in [1.82, 2.24) is 0 Å². The molecular formula is C14H30Co. The van der Waals surface area contributed by atoms with Gasteiger partial charge in [0.1, 0.15) is 0 Å². The summed E-state index contributed by atoms with van der Waals surface area (Å²) in [6.07, 6.45) is 17.4. The predicted octanol–water partition coefficient (Wildman–Crippen LogP) is 5.70. The minimum absolute atomic E-state index is 0. The molecule has 0 aromatic rings. The van der Waals surface area contributed by atoms with Crippen LogP contribution >= 0.6 is 0 Å². The van der Waals surface area contributed by atoms with Gasteiger partial charge in [-0.15, -0.1) is 0 Å². The van der Waals surface area contributed by atoms with E-state index in [4.69, 9.17) is 0 Å². The fourth-order valence-corrected chi connectivity index (χ4v) is 1.91. The van der Waals surface area contributed by atoms with Gasteiger partial charge < -0.3 is 0 Å². The Morgan fingerprint density at radius 2 is 0.600 bits per heavy atom. The first-order valence-corrected chi connectivity index (χ1v) is 6.91. The van der Waals surface area contributed by atoms with E-state index in [1.807, 2.05) is 0 Å². The molecule has 0 saturated heterocycles. The Morgan fingerprint density at radius 1 is 0.400 bits per heavy atom. The van der Waals surface area contributed by atoms with Crippen molar-refractivity contribution in [3.05, 3.63) is 0 Å². The Labute approximate surface area is 108 Å². The Hall–Kier alpha value is 0.506. The second-order valence-electron chi connectivity index (χ2n) is 4.54. The Kier molecular flexibility index (Phi) is 20.2. The summed E-state index contributed by atoms with van der Waals surface area (Å²) in [7, 11) is 0. The van der Waals surface area contributed by atoms with E-state index < -0.39 is 0 Å². The third kappa shape index (κ3) is 17.1. The maximum absolute atomic E-state index is 2.29. The molecule has 0 amide bonds. The Balaban J connectivity index is 0. The summed E-state index contributed by atoms with van der Waals surface area (Å²) in [6.45, 7) is 4.57. The molecule has 0 saturated carbocycles. The summed E-state index contributed by atoms with van der Waals surface area (Å²) in [5, 5.41) is 0. The van der Waals surface area contributed by atoms with Crippen molar-refractivity contribution in [3.8, 4) is 0 Å². The molecule has 0 aromatic carbocycles. The topological polar surface area (TPSA) is 0 Å². The first-order valence-electron chi connectivity index (χ1n) is 6.91. The molecule has 1 radical (unpaired) electrons. The summed E-state index contributed by atoms with van der Waals surface area (Å²) in [4.78, 5) is 0. The van der Waals surface area contributed by atoms with E-state index in [0.717, 1.165) is 0 Å². The smallest absolute Gasteiger partial charge is 0 e. The van der Waals surface area contributed by atoms with Gasteiger partial charge in [-0.05, 0) is 0 Å². The van der Waals surface area contributed by atoms with Gasteiger partial charge in [0, 0.05) is 16.8 Å². The monoisotopic (exact) mass is 257 g/mol. The van der Waals surface area contributed by atoms with Crippen LogP contribution in [0.4, 0.5) is 0 Å². The molecule has 0 unspecified atom stereocenters. The van der Waals surface area contributed by atoms with Crippen LogP contribution in [0.2, 0.25) is 0 Å². The van der Waals surface area contributed by atoms with Crippen LogP contribution in [0, 0.1) is 0 Å². The molecule has 0 aromatic heterocycles. The summed E-state index contributed by atoms with van der Waals surface area (Å²) in [5.74, 6) is 0. The summed E-state index contributed by atoms with van der Waals surface area (Å²) >= 11 is 0. The SMILES string of the molecule is CCCCCCCCCCCCCC.[Co]. The third-order valence-electron chi connectivity index (χ3n) is 2.96. The van der Waals surface area contributed by atoms with E-state index in [0.29, 0.717) is 0 Å². The third-order valence-corrected chi connectivity index (χ3v) is 2.96. The number of hydrogen-bond donors (Lipinski definition) is 0. The molecule has 0 aliphatic rings. The zero-order chi connectivity index (χ0) is 10.5. The van der Waals surface area contributed by atoms with E-state index in [1.165, 1.54) is 77.0 Å². The zero-order valence-electron chi connectivity index (χ0n) is 10.8. The summed E-state index contributed by atoms with van der Waals surface area (Å²) in [5.41, 5.74) is 0. The largest absolute Gasteiger partial charge is 0.0654 e. The van der Waals surface area contributed by atoms with Crippen molar-refractivity contribution in [2.75, 3.05) is 0 Å². The van der Waals surface area contributed by atoms with Crippen molar-refractivity contribution < 1.29 is 16.8 Å². The quantitative estimate of drug-likeness (QED) is 0.416. The predicted molar refractivity (Wildman–Crippen MR) is 66.8 cm³/mol. The molecule has 0 aliphatic heterocycles. The standard InChI is InChI=1S/C14H30.Co/c1-3-5-7-9-11-13-14-12-10-8-6-4-2;/h3-14H2,1-2H3;. The first kappa shape index (κ1) is 17.9. The van der Waals surface area contributed by atoms with Crippen LogP contribution in [0.25, 0.3) is 0 Å². The second kappa shape index (κ2) is 16.9. The van der Waals surface area contributed by atoms with Crippen molar-refractivity contribution in [3.63, 3.8) is 0 Å². The number of unbranched alkanes of at least 4 members (excludes halogenated alkanes) is 11. The fourth-order valence-electron chi connectivity index (χ4n) is 1.91. The molecule has 0 bridgehead atoms. The van der Waals surface area contributed by atoms with Crippen molar-refractivity contribution >= 4 is 0 Å². The molecular weight excluding hydrogens is 227 g/mol. The van der Waals surface area contributed by atoms with E-state index in [-0.39, 0.29) is 16.8 Å². The first-order chi connectivity index (χ1) is 6.91. The van der Waals surface area contributed by atoms with Crippen molar-refractivity contribution in [2.24, 2.45) is 0 Å². The molecule has 15 heavy (non-hydrogen) atoms. The molecule has 95 valence electrons. The molecule has 0 nitrogen and oxygen atoms in total. The molecule has 0 heterocycles. The van der Waals surface area contributed by atoms with Gasteiger partial charge in [0.2, 0.25) is 0 Å². The van der Waals surface area contributed by atoms with E-state index in [2.05, 4.69) is 13.8 Å². The summed E-state index contributed by atoms with van der Waals surface area (Å²) in [6, 6.07) is 0. The van der Waals surface area contributed by atoms with Gasteiger partial charge in [0.25, 0.3) is 0 Å². The van der Waals surface area contributed by atoms with Gasteiger partial charge in [-0.2, -0.15) is 0 Å². The van der Waals surface area contributed by atoms with Crippen LogP contribution in [0.1, 0.15) is 90.9 Å². The van der Waals surface area contributed by atoms with Crippen LogP contribution in [-0.2, 0) is 16.8 Å².